The predicted octanol–water partition coefficient (Wildman–Crippen LogP) is 3.29. The molecule has 150 valence electrons. The van der Waals surface area contributed by atoms with Gasteiger partial charge in [0.15, 0.2) is 0 Å². The quantitative estimate of drug-likeness (QED) is 0.717. The number of sulfonamides is 1. The molecular formula is C20H23ClN2O4S. The van der Waals surface area contributed by atoms with Gasteiger partial charge in [-0.3, -0.25) is 4.79 Å². The Hall–Kier alpha value is -1.93. The first-order chi connectivity index (χ1) is 13.4. The van der Waals surface area contributed by atoms with Crippen molar-refractivity contribution in [1.82, 2.24) is 10.0 Å². The Bertz CT molecular complexity index is 928. The second kappa shape index (κ2) is 9.05. The number of carbonyl (C=O) groups is 1. The monoisotopic (exact) mass is 422 g/mol. The standard InChI is InChI=1S/C20H23ClN2O4S/c1-14(15-6-3-2-4-7-15)23-20(24)16-9-10-18(21)19(12-16)28(25,26)22-13-17-8-5-11-27-17/h2-4,6-7,9-10,12,14,17,22H,5,8,11,13H2,1H3,(H,23,24)/t14-,17-/m0/s1. The molecule has 0 bridgehead atoms. The number of halogens is 1. The van der Waals surface area contributed by atoms with Crippen LogP contribution in [0.3, 0.4) is 0 Å². The number of nitrogens with one attached hydrogen (secondary N) is 2. The zero-order valence-corrected chi connectivity index (χ0v) is 17.1. The van der Waals surface area contributed by atoms with Crippen LogP contribution in [0.2, 0.25) is 5.02 Å². The molecule has 1 fully saturated rings. The van der Waals surface area contributed by atoms with E-state index in [1.54, 1.807) is 0 Å². The first-order valence-electron chi connectivity index (χ1n) is 9.13. The highest BCUT2D eigenvalue weighted by molar-refractivity contribution is 7.89. The zero-order chi connectivity index (χ0) is 20.1. The molecule has 28 heavy (non-hydrogen) atoms. The summed E-state index contributed by atoms with van der Waals surface area (Å²) in [7, 11) is -3.86. The molecule has 1 amide bonds. The van der Waals surface area contributed by atoms with E-state index in [2.05, 4.69) is 10.0 Å². The molecule has 2 aromatic carbocycles. The molecule has 1 aliphatic heterocycles. The van der Waals surface area contributed by atoms with Crippen molar-refractivity contribution in [2.75, 3.05) is 13.2 Å². The fourth-order valence-electron chi connectivity index (χ4n) is 3.04. The largest absolute Gasteiger partial charge is 0.377 e. The predicted molar refractivity (Wildman–Crippen MR) is 108 cm³/mol. The van der Waals surface area contributed by atoms with Crippen molar-refractivity contribution in [3.63, 3.8) is 0 Å². The van der Waals surface area contributed by atoms with Crippen LogP contribution in [0.4, 0.5) is 0 Å². The molecule has 8 heteroatoms. The minimum Gasteiger partial charge on any atom is -0.377 e. The molecule has 0 unspecified atom stereocenters. The number of hydrogen-bond donors (Lipinski definition) is 2. The lowest BCUT2D eigenvalue weighted by molar-refractivity contribution is 0.0939. The van der Waals surface area contributed by atoms with Crippen LogP contribution in [0.15, 0.2) is 53.4 Å². The van der Waals surface area contributed by atoms with Gasteiger partial charge in [0.05, 0.1) is 17.2 Å². The van der Waals surface area contributed by atoms with Gasteiger partial charge in [0, 0.05) is 18.7 Å². The Morgan fingerprint density at radius 2 is 2.00 bits per heavy atom. The Labute approximate surface area is 170 Å². The fraction of sp³-hybridized carbons (Fsp3) is 0.350. The van der Waals surface area contributed by atoms with Crippen LogP contribution in [-0.2, 0) is 14.8 Å². The van der Waals surface area contributed by atoms with Crippen LogP contribution in [0.1, 0.15) is 41.7 Å². The zero-order valence-electron chi connectivity index (χ0n) is 15.5. The Balaban J connectivity index is 1.73. The normalized spacial score (nSPS) is 18.0. The Kier molecular flexibility index (Phi) is 6.72. The van der Waals surface area contributed by atoms with Gasteiger partial charge in [-0.25, -0.2) is 13.1 Å². The van der Waals surface area contributed by atoms with Crippen molar-refractivity contribution >= 4 is 27.5 Å². The number of ether oxygens (including phenoxy) is 1. The third-order valence-corrected chi connectivity index (χ3v) is 6.56. The van der Waals surface area contributed by atoms with Crippen LogP contribution >= 0.6 is 11.6 Å². The average Bonchev–Trinajstić information content (AvgIpc) is 3.21. The van der Waals surface area contributed by atoms with Gasteiger partial charge >= 0.3 is 0 Å². The van der Waals surface area contributed by atoms with Crippen molar-refractivity contribution in [3.05, 3.63) is 64.7 Å². The molecule has 0 aromatic heterocycles. The number of rotatable bonds is 7. The minimum atomic E-state index is -3.86. The molecule has 2 atom stereocenters. The van der Waals surface area contributed by atoms with Gasteiger partial charge in [-0.05, 0) is 43.5 Å². The van der Waals surface area contributed by atoms with E-state index in [1.165, 1.54) is 18.2 Å². The lowest BCUT2D eigenvalue weighted by Crippen LogP contribution is -2.32. The van der Waals surface area contributed by atoms with Crippen molar-refractivity contribution in [2.45, 2.75) is 36.8 Å². The second-order valence-electron chi connectivity index (χ2n) is 6.74. The van der Waals surface area contributed by atoms with E-state index < -0.39 is 10.0 Å². The summed E-state index contributed by atoms with van der Waals surface area (Å²) in [5.74, 6) is -0.372. The molecule has 0 aliphatic carbocycles. The van der Waals surface area contributed by atoms with Crippen LogP contribution in [-0.4, -0.2) is 33.6 Å². The summed E-state index contributed by atoms with van der Waals surface area (Å²) in [6.07, 6.45) is 1.60. The maximum absolute atomic E-state index is 12.6. The van der Waals surface area contributed by atoms with Gasteiger partial charge in [0.25, 0.3) is 5.91 Å². The van der Waals surface area contributed by atoms with E-state index in [0.29, 0.717) is 6.61 Å². The van der Waals surface area contributed by atoms with Gasteiger partial charge in [0.2, 0.25) is 10.0 Å². The molecule has 1 aliphatic rings. The third kappa shape index (κ3) is 5.11. The molecule has 2 aromatic rings. The maximum atomic E-state index is 12.6. The van der Waals surface area contributed by atoms with E-state index >= 15 is 0 Å². The summed E-state index contributed by atoms with van der Waals surface area (Å²) in [6.45, 7) is 2.69. The van der Waals surface area contributed by atoms with Crippen LogP contribution in [0, 0.1) is 0 Å². The minimum absolute atomic E-state index is 0.0625. The second-order valence-corrected chi connectivity index (χ2v) is 8.88. The lowest BCUT2D eigenvalue weighted by Gasteiger charge is -2.16. The van der Waals surface area contributed by atoms with Crippen LogP contribution in [0.25, 0.3) is 0 Å². The summed E-state index contributed by atoms with van der Waals surface area (Å²) >= 11 is 6.10. The molecule has 3 rings (SSSR count). The highest BCUT2D eigenvalue weighted by atomic mass is 35.5. The third-order valence-electron chi connectivity index (χ3n) is 4.66. The van der Waals surface area contributed by atoms with Crippen molar-refractivity contribution in [2.24, 2.45) is 0 Å². The molecule has 1 heterocycles. The molecule has 1 saturated heterocycles. The SMILES string of the molecule is C[C@H](NC(=O)c1ccc(Cl)c(S(=O)(=O)NC[C@@H]2CCCO2)c1)c1ccccc1. The molecular weight excluding hydrogens is 400 g/mol. The van der Waals surface area contributed by atoms with Crippen LogP contribution in [0.5, 0.6) is 0 Å². The van der Waals surface area contributed by atoms with E-state index in [-0.39, 0.29) is 40.1 Å². The van der Waals surface area contributed by atoms with Gasteiger partial charge in [0.1, 0.15) is 4.90 Å². The first kappa shape index (κ1) is 20.8. The average molecular weight is 423 g/mol. The highest BCUT2D eigenvalue weighted by Crippen LogP contribution is 2.24. The number of hydrogen-bond acceptors (Lipinski definition) is 4. The summed E-state index contributed by atoms with van der Waals surface area (Å²) in [5.41, 5.74) is 1.18. The van der Waals surface area contributed by atoms with Crippen molar-refractivity contribution < 1.29 is 17.9 Å². The number of amides is 1. The van der Waals surface area contributed by atoms with Gasteiger partial charge in [-0.15, -0.1) is 0 Å². The molecule has 2 N–H and O–H groups in total. The van der Waals surface area contributed by atoms with E-state index in [9.17, 15) is 13.2 Å². The van der Waals surface area contributed by atoms with E-state index in [1.807, 2.05) is 37.3 Å². The van der Waals surface area contributed by atoms with Crippen molar-refractivity contribution in [1.29, 1.82) is 0 Å². The summed E-state index contributed by atoms with van der Waals surface area (Å²) in [5, 5.41) is 2.93. The maximum Gasteiger partial charge on any atom is 0.251 e. The molecule has 0 radical (unpaired) electrons. The van der Waals surface area contributed by atoms with Gasteiger partial charge in [-0.1, -0.05) is 41.9 Å². The Morgan fingerprint density at radius 1 is 1.25 bits per heavy atom. The summed E-state index contributed by atoms with van der Waals surface area (Å²) in [4.78, 5) is 12.5. The Morgan fingerprint density at radius 3 is 2.68 bits per heavy atom. The first-order valence-corrected chi connectivity index (χ1v) is 11.0. The smallest absolute Gasteiger partial charge is 0.251 e. The molecule has 0 saturated carbocycles. The fourth-order valence-corrected chi connectivity index (χ4v) is 4.63. The summed E-state index contributed by atoms with van der Waals surface area (Å²) in [6, 6.07) is 13.5. The number of benzene rings is 2. The van der Waals surface area contributed by atoms with Crippen LogP contribution < -0.4 is 10.0 Å². The van der Waals surface area contributed by atoms with E-state index in [4.69, 9.17) is 16.3 Å². The van der Waals surface area contributed by atoms with Gasteiger partial charge < -0.3 is 10.1 Å². The highest BCUT2D eigenvalue weighted by Gasteiger charge is 2.23. The number of carbonyl (C=O) groups excluding carboxylic acids is 1. The van der Waals surface area contributed by atoms with Crippen molar-refractivity contribution in [3.8, 4) is 0 Å². The topological polar surface area (TPSA) is 84.5 Å². The van der Waals surface area contributed by atoms with E-state index in [0.717, 1.165) is 18.4 Å². The van der Waals surface area contributed by atoms with Gasteiger partial charge in [-0.2, -0.15) is 0 Å². The lowest BCUT2D eigenvalue weighted by atomic mass is 10.1. The summed E-state index contributed by atoms with van der Waals surface area (Å²) < 4.78 is 33.3. The molecule has 0 spiro atoms. The molecule has 6 nitrogen and oxygen atoms in total.